The van der Waals surface area contributed by atoms with Crippen LogP contribution in [0.5, 0.6) is 0 Å². The molecule has 7 heteroatoms. The summed E-state index contributed by atoms with van der Waals surface area (Å²) in [5.41, 5.74) is 2.53. The number of hydrogen-bond acceptors (Lipinski definition) is 5. The third-order valence-corrected chi connectivity index (χ3v) is 4.64. The number of rotatable bonds is 4. The molecule has 25 heavy (non-hydrogen) atoms. The molecule has 2 heterocycles. The Bertz CT molecular complexity index is 851. The van der Waals surface area contributed by atoms with Gasteiger partial charge >= 0.3 is 0 Å². The van der Waals surface area contributed by atoms with Crippen LogP contribution in [0.2, 0.25) is 0 Å². The average Bonchev–Trinajstić information content (AvgIpc) is 3.16. The van der Waals surface area contributed by atoms with Gasteiger partial charge in [0.2, 0.25) is 5.91 Å². The van der Waals surface area contributed by atoms with Crippen molar-refractivity contribution < 1.29 is 18.8 Å². The maximum Gasteiger partial charge on any atom is 0.294 e. The molecule has 0 radical (unpaired) electrons. The summed E-state index contributed by atoms with van der Waals surface area (Å²) in [7, 11) is 0. The zero-order chi connectivity index (χ0) is 18.0. The highest BCUT2D eigenvalue weighted by molar-refractivity contribution is 8.18. The standard InChI is InChI=1S/C18H16N2O4S/c1-11-5-3-6-12(2)16(11)19-15(21)10-20-17(22)14(25-18(20)23)9-13-7-4-8-24-13/h3-9H,10H2,1-2H3,(H,19,21)/b14-9+. The third kappa shape index (κ3) is 3.66. The van der Waals surface area contributed by atoms with Crippen molar-refractivity contribution in [1.82, 2.24) is 4.90 Å². The number of benzene rings is 1. The predicted octanol–water partition coefficient (Wildman–Crippen LogP) is 3.57. The van der Waals surface area contributed by atoms with Crippen molar-refractivity contribution in [2.24, 2.45) is 0 Å². The Morgan fingerprint density at radius 2 is 1.92 bits per heavy atom. The molecule has 1 aromatic carbocycles. The normalized spacial score (nSPS) is 15.9. The first-order valence-corrected chi connectivity index (χ1v) is 8.42. The van der Waals surface area contributed by atoms with Crippen LogP contribution in [0.3, 0.4) is 0 Å². The van der Waals surface area contributed by atoms with Crippen molar-refractivity contribution in [2.45, 2.75) is 13.8 Å². The lowest BCUT2D eigenvalue weighted by atomic mass is 10.1. The smallest absolute Gasteiger partial charge is 0.294 e. The number of para-hydroxylation sites is 1. The van der Waals surface area contributed by atoms with Gasteiger partial charge in [-0.1, -0.05) is 18.2 Å². The number of thioether (sulfide) groups is 1. The Hall–Kier alpha value is -2.80. The summed E-state index contributed by atoms with van der Waals surface area (Å²) in [4.78, 5) is 37.9. The van der Waals surface area contributed by atoms with E-state index in [1.165, 1.54) is 12.3 Å². The summed E-state index contributed by atoms with van der Waals surface area (Å²) in [6.07, 6.45) is 2.97. The van der Waals surface area contributed by atoms with E-state index in [-0.39, 0.29) is 11.4 Å². The van der Waals surface area contributed by atoms with Crippen molar-refractivity contribution >= 4 is 40.6 Å². The van der Waals surface area contributed by atoms with Gasteiger partial charge in [0.25, 0.3) is 11.1 Å². The molecule has 1 aliphatic rings. The molecule has 2 aromatic rings. The van der Waals surface area contributed by atoms with E-state index < -0.39 is 17.1 Å². The summed E-state index contributed by atoms with van der Waals surface area (Å²) >= 11 is 0.793. The first kappa shape index (κ1) is 17.0. The topological polar surface area (TPSA) is 79.6 Å². The number of hydrogen-bond donors (Lipinski definition) is 1. The highest BCUT2D eigenvalue weighted by Gasteiger charge is 2.36. The van der Waals surface area contributed by atoms with Crippen molar-refractivity contribution in [3.63, 3.8) is 0 Å². The van der Waals surface area contributed by atoms with E-state index in [0.717, 1.165) is 27.8 Å². The molecule has 3 amide bonds. The zero-order valence-electron chi connectivity index (χ0n) is 13.7. The van der Waals surface area contributed by atoms with E-state index >= 15 is 0 Å². The number of amides is 3. The molecular formula is C18H16N2O4S. The number of nitrogens with one attached hydrogen (secondary N) is 1. The lowest BCUT2D eigenvalue weighted by molar-refractivity contribution is -0.127. The predicted molar refractivity (Wildman–Crippen MR) is 95.9 cm³/mol. The molecule has 1 saturated heterocycles. The van der Waals surface area contributed by atoms with Gasteiger partial charge in [0.15, 0.2) is 0 Å². The van der Waals surface area contributed by atoms with E-state index in [1.807, 2.05) is 32.0 Å². The van der Waals surface area contributed by atoms with Crippen molar-refractivity contribution in [3.8, 4) is 0 Å². The van der Waals surface area contributed by atoms with Gasteiger partial charge in [-0.05, 0) is 48.9 Å². The minimum Gasteiger partial charge on any atom is -0.465 e. The molecule has 0 saturated carbocycles. The second-order valence-electron chi connectivity index (χ2n) is 5.60. The number of aryl methyl sites for hydroxylation is 2. The fourth-order valence-electron chi connectivity index (χ4n) is 2.47. The number of nitrogens with zero attached hydrogens (tertiary/aromatic N) is 1. The van der Waals surface area contributed by atoms with Crippen molar-refractivity contribution in [3.05, 3.63) is 58.4 Å². The molecule has 1 aromatic heterocycles. The second-order valence-corrected chi connectivity index (χ2v) is 6.59. The van der Waals surface area contributed by atoms with Crippen LogP contribution in [0.4, 0.5) is 10.5 Å². The molecule has 0 aliphatic carbocycles. The summed E-state index contributed by atoms with van der Waals surface area (Å²) in [6, 6.07) is 9.04. The lowest BCUT2D eigenvalue weighted by Crippen LogP contribution is -2.36. The minimum atomic E-state index is -0.497. The van der Waals surface area contributed by atoms with Crippen molar-refractivity contribution in [2.75, 3.05) is 11.9 Å². The minimum absolute atomic E-state index is 0.236. The maximum absolute atomic E-state index is 12.4. The van der Waals surface area contributed by atoms with Gasteiger partial charge in [0.1, 0.15) is 12.3 Å². The number of carbonyl (C=O) groups excluding carboxylic acids is 3. The van der Waals surface area contributed by atoms with Gasteiger partial charge in [-0.15, -0.1) is 0 Å². The van der Waals surface area contributed by atoms with E-state index in [4.69, 9.17) is 4.42 Å². The fourth-order valence-corrected chi connectivity index (χ4v) is 3.29. The maximum atomic E-state index is 12.4. The number of carbonyl (C=O) groups is 3. The summed E-state index contributed by atoms with van der Waals surface area (Å²) in [5, 5.41) is 2.30. The third-order valence-electron chi connectivity index (χ3n) is 3.74. The van der Waals surface area contributed by atoms with Gasteiger partial charge in [-0.25, -0.2) is 0 Å². The Balaban J connectivity index is 1.71. The number of anilines is 1. The molecular weight excluding hydrogens is 340 g/mol. The molecule has 0 unspecified atom stereocenters. The molecule has 1 aliphatic heterocycles. The Kier molecular flexibility index (Phi) is 4.76. The van der Waals surface area contributed by atoms with Crippen LogP contribution in [0.1, 0.15) is 16.9 Å². The van der Waals surface area contributed by atoms with Gasteiger partial charge < -0.3 is 9.73 Å². The molecule has 1 N–H and O–H groups in total. The lowest BCUT2D eigenvalue weighted by Gasteiger charge is -2.15. The van der Waals surface area contributed by atoms with Crippen LogP contribution in [0.25, 0.3) is 6.08 Å². The molecule has 1 fully saturated rings. The van der Waals surface area contributed by atoms with E-state index in [9.17, 15) is 14.4 Å². The monoisotopic (exact) mass is 356 g/mol. The van der Waals surface area contributed by atoms with Gasteiger partial charge in [0.05, 0.1) is 11.2 Å². The summed E-state index contributed by atoms with van der Waals surface area (Å²) in [6.45, 7) is 3.44. The second kappa shape index (κ2) is 6.98. The summed E-state index contributed by atoms with van der Waals surface area (Å²) in [5.74, 6) is -0.438. The molecule has 0 atom stereocenters. The Morgan fingerprint density at radius 1 is 1.20 bits per heavy atom. The van der Waals surface area contributed by atoms with Crippen LogP contribution in [0.15, 0.2) is 45.9 Å². The van der Waals surface area contributed by atoms with Gasteiger partial charge in [-0.3, -0.25) is 19.3 Å². The molecule has 0 spiro atoms. The van der Waals surface area contributed by atoms with Crippen molar-refractivity contribution in [1.29, 1.82) is 0 Å². The van der Waals surface area contributed by atoms with Gasteiger partial charge in [-0.2, -0.15) is 0 Å². The van der Waals surface area contributed by atoms with E-state index in [2.05, 4.69) is 5.32 Å². The first-order valence-electron chi connectivity index (χ1n) is 7.60. The number of furan rings is 1. The Morgan fingerprint density at radius 3 is 2.56 bits per heavy atom. The zero-order valence-corrected chi connectivity index (χ0v) is 14.6. The highest BCUT2D eigenvalue weighted by Crippen LogP contribution is 2.32. The Labute approximate surface area is 148 Å². The molecule has 0 bridgehead atoms. The van der Waals surface area contributed by atoms with Crippen LogP contribution in [-0.2, 0) is 9.59 Å². The van der Waals surface area contributed by atoms with E-state index in [1.54, 1.807) is 12.1 Å². The van der Waals surface area contributed by atoms with E-state index in [0.29, 0.717) is 11.4 Å². The molecule has 128 valence electrons. The van der Waals surface area contributed by atoms with Gasteiger partial charge in [0, 0.05) is 11.8 Å². The largest absolute Gasteiger partial charge is 0.465 e. The fraction of sp³-hybridized carbons (Fsp3) is 0.167. The first-order chi connectivity index (χ1) is 12.0. The average molecular weight is 356 g/mol. The molecule has 6 nitrogen and oxygen atoms in total. The SMILES string of the molecule is Cc1cccc(C)c1NC(=O)CN1C(=O)S/C(=C/c2ccco2)C1=O. The quantitative estimate of drug-likeness (QED) is 0.847. The van der Waals surface area contributed by atoms with Crippen LogP contribution in [-0.4, -0.2) is 28.5 Å². The van der Waals surface area contributed by atoms with Crippen LogP contribution < -0.4 is 5.32 Å². The van der Waals surface area contributed by atoms with Crippen LogP contribution >= 0.6 is 11.8 Å². The number of imide groups is 1. The summed E-state index contributed by atoms with van der Waals surface area (Å²) < 4.78 is 5.15. The molecule has 3 rings (SSSR count). The van der Waals surface area contributed by atoms with Crippen LogP contribution in [0, 0.1) is 13.8 Å². The highest BCUT2D eigenvalue weighted by atomic mass is 32.2.